The number of carbonyl (C=O) groups excluding carboxylic acids is 1. The molecule has 0 spiro atoms. The van der Waals surface area contributed by atoms with Crippen molar-refractivity contribution >= 4 is 34.1 Å². The van der Waals surface area contributed by atoms with E-state index in [0.29, 0.717) is 5.02 Å². The summed E-state index contributed by atoms with van der Waals surface area (Å²) in [6.07, 6.45) is -3.70. The summed E-state index contributed by atoms with van der Waals surface area (Å²) < 4.78 is 56.2. The molecule has 0 fully saturated rings. The Bertz CT molecular complexity index is 958. The molecular weight excluding hydrogens is 413 g/mol. The number of anilines is 1. The van der Waals surface area contributed by atoms with E-state index in [1.165, 1.54) is 61.5 Å². The van der Waals surface area contributed by atoms with E-state index in [1.807, 2.05) is 0 Å². The van der Waals surface area contributed by atoms with E-state index >= 15 is 0 Å². The molecule has 4 nitrogen and oxygen atoms in total. The van der Waals surface area contributed by atoms with Crippen LogP contribution in [-0.2, 0) is 11.0 Å². The lowest BCUT2D eigenvalue weighted by Crippen LogP contribution is -2.53. The molecule has 0 saturated heterocycles. The summed E-state index contributed by atoms with van der Waals surface area (Å²) in [7, 11) is 0.822. The van der Waals surface area contributed by atoms with E-state index < -0.39 is 34.6 Å². The third-order valence-electron chi connectivity index (χ3n) is 4.08. The molecule has 2 unspecified atom stereocenters. The van der Waals surface area contributed by atoms with Crippen molar-refractivity contribution in [3.05, 3.63) is 70.9 Å². The number of hydrogen-bond donors (Lipinski definition) is 0. The highest BCUT2D eigenvalue weighted by Gasteiger charge is 2.53. The minimum absolute atomic E-state index is 0.0287. The van der Waals surface area contributed by atoms with Crippen molar-refractivity contribution in [2.75, 3.05) is 18.4 Å². The summed E-state index contributed by atoms with van der Waals surface area (Å²) in [5.74, 6) is -0.740. The van der Waals surface area contributed by atoms with Gasteiger partial charge >= 0.3 is 6.18 Å². The maximum absolute atomic E-state index is 14.1. The maximum atomic E-state index is 14.1. The molecule has 2 atom stereocenters. The summed E-state index contributed by atoms with van der Waals surface area (Å²) >= 11 is 5.83. The first-order chi connectivity index (χ1) is 13.1. The molecule has 1 aliphatic rings. The average molecular weight is 429 g/mol. The maximum Gasteiger partial charge on any atom is 0.414 e. The van der Waals surface area contributed by atoms with Gasteiger partial charge in [-0.15, -0.1) is 0 Å². The summed E-state index contributed by atoms with van der Waals surface area (Å²) in [5.41, 5.74) is -0.448. The molecule has 0 radical (unpaired) electrons. The first kappa shape index (κ1) is 20.4. The van der Waals surface area contributed by atoms with E-state index in [-0.39, 0.29) is 16.1 Å². The molecule has 2 aromatic rings. The predicted molar refractivity (Wildman–Crippen MR) is 103 cm³/mol. The highest BCUT2D eigenvalue weighted by atomic mass is 35.5. The lowest BCUT2D eigenvalue weighted by atomic mass is 9.91. The van der Waals surface area contributed by atoms with Crippen molar-refractivity contribution in [1.82, 2.24) is 4.90 Å². The van der Waals surface area contributed by atoms with Crippen LogP contribution in [0.2, 0.25) is 5.02 Å². The number of benzene rings is 2. The number of fused-ring (bicyclic) bond motifs is 1. The van der Waals surface area contributed by atoms with Gasteiger partial charge in [0.25, 0.3) is 0 Å². The van der Waals surface area contributed by atoms with Crippen LogP contribution in [0.4, 0.5) is 18.9 Å². The number of halogens is 4. The zero-order valence-electron chi connectivity index (χ0n) is 14.9. The molecule has 0 N–H and O–H groups in total. The van der Waals surface area contributed by atoms with Gasteiger partial charge in [0.15, 0.2) is 22.8 Å². The third kappa shape index (κ3) is 3.79. The van der Waals surface area contributed by atoms with Crippen molar-refractivity contribution in [2.45, 2.75) is 17.1 Å². The molecule has 0 bridgehead atoms. The normalized spacial score (nSPS) is 19.5. The second-order valence-corrected chi connectivity index (χ2v) is 8.17. The fraction of sp³-hybridized carbons (Fsp3) is 0.211. The van der Waals surface area contributed by atoms with Crippen LogP contribution in [0.1, 0.15) is 10.4 Å². The Kier molecular flexibility index (Phi) is 5.54. The molecule has 0 amide bonds. The van der Waals surface area contributed by atoms with Crippen molar-refractivity contribution in [1.29, 1.82) is 0 Å². The van der Waals surface area contributed by atoms with E-state index in [1.54, 1.807) is 6.07 Å². The summed E-state index contributed by atoms with van der Waals surface area (Å²) in [5, 5.41) is 0.371. The van der Waals surface area contributed by atoms with Gasteiger partial charge in [0.05, 0.1) is 10.6 Å². The number of para-hydroxylation sites is 1. The SMILES string of the molecule is CN(C)/C=C1\C(=O)c2ccccc2N(S(=O)c2ccc(Cl)cc2)C1C(F)(F)F. The molecule has 148 valence electrons. The minimum atomic E-state index is -4.83. The van der Waals surface area contributed by atoms with Crippen LogP contribution in [0.5, 0.6) is 0 Å². The number of Topliss-reactive ketones (excluding diaryl/α,β-unsaturated/α-hetero) is 1. The van der Waals surface area contributed by atoms with Gasteiger partial charge in [-0.3, -0.25) is 9.10 Å². The van der Waals surface area contributed by atoms with Crippen LogP contribution in [0.3, 0.4) is 0 Å². The second kappa shape index (κ2) is 7.60. The van der Waals surface area contributed by atoms with Gasteiger partial charge in [-0.05, 0) is 36.4 Å². The molecule has 1 heterocycles. The Hall–Kier alpha value is -2.32. The van der Waals surface area contributed by atoms with Gasteiger partial charge in [-0.2, -0.15) is 13.2 Å². The van der Waals surface area contributed by atoms with Crippen molar-refractivity contribution < 1.29 is 22.2 Å². The van der Waals surface area contributed by atoms with Crippen molar-refractivity contribution in [3.63, 3.8) is 0 Å². The largest absolute Gasteiger partial charge is 0.414 e. The number of ketones is 1. The number of alkyl halides is 3. The molecule has 0 saturated carbocycles. The van der Waals surface area contributed by atoms with Gasteiger partial charge in [0.1, 0.15) is 0 Å². The number of rotatable bonds is 3. The van der Waals surface area contributed by atoms with Crippen LogP contribution in [0.25, 0.3) is 0 Å². The minimum Gasteiger partial charge on any atom is -0.383 e. The highest BCUT2D eigenvalue weighted by Crippen LogP contribution is 2.42. The molecule has 9 heteroatoms. The summed E-state index contributed by atoms with van der Waals surface area (Å²) in [6, 6.07) is 9.22. The van der Waals surface area contributed by atoms with Gasteiger partial charge in [0, 0.05) is 36.5 Å². The second-order valence-electron chi connectivity index (χ2n) is 6.37. The Labute approximate surface area is 167 Å². The molecular formula is C19H16ClF3N2O2S. The van der Waals surface area contributed by atoms with Crippen LogP contribution < -0.4 is 4.31 Å². The summed E-state index contributed by atoms with van der Waals surface area (Å²) in [6.45, 7) is 0. The number of carbonyl (C=O) groups is 1. The molecule has 28 heavy (non-hydrogen) atoms. The first-order valence-electron chi connectivity index (χ1n) is 8.16. The lowest BCUT2D eigenvalue weighted by molar-refractivity contribution is -0.137. The zero-order valence-corrected chi connectivity index (χ0v) is 16.5. The van der Waals surface area contributed by atoms with E-state index in [0.717, 1.165) is 10.5 Å². The first-order valence-corrected chi connectivity index (χ1v) is 9.65. The average Bonchev–Trinajstić information content (AvgIpc) is 2.62. The zero-order chi connectivity index (χ0) is 20.6. The van der Waals surface area contributed by atoms with Crippen LogP contribution in [-0.4, -0.2) is 41.2 Å². The molecule has 3 rings (SSSR count). The van der Waals surface area contributed by atoms with Crippen LogP contribution >= 0.6 is 11.6 Å². The predicted octanol–water partition coefficient (Wildman–Crippen LogP) is 4.44. The molecule has 0 aromatic heterocycles. The number of hydrogen-bond acceptors (Lipinski definition) is 3. The lowest BCUT2D eigenvalue weighted by Gasteiger charge is -2.39. The van der Waals surface area contributed by atoms with E-state index in [2.05, 4.69) is 0 Å². The van der Waals surface area contributed by atoms with E-state index in [4.69, 9.17) is 11.6 Å². The Balaban J connectivity index is 2.26. The summed E-state index contributed by atoms with van der Waals surface area (Å²) in [4.78, 5) is 14.3. The van der Waals surface area contributed by atoms with E-state index in [9.17, 15) is 22.2 Å². The molecule has 2 aromatic carbocycles. The monoisotopic (exact) mass is 428 g/mol. The van der Waals surface area contributed by atoms with Gasteiger partial charge in [-0.25, -0.2) is 4.21 Å². The fourth-order valence-electron chi connectivity index (χ4n) is 2.97. The van der Waals surface area contributed by atoms with Crippen molar-refractivity contribution in [3.8, 4) is 0 Å². The smallest absolute Gasteiger partial charge is 0.383 e. The Morgan fingerprint density at radius 1 is 1.11 bits per heavy atom. The standard InChI is InChI=1S/C19H16ClF3N2O2S/c1-24(2)11-15-17(26)14-5-3-4-6-16(14)25(18(15)19(21,22)23)28(27)13-9-7-12(20)8-10-13/h3-11,18H,1-2H3/b15-11+. The van der Waals surface area contributed by atoms with Gasteiger partial charge < -0.3 is 4.90 Å². The van der Waals surface area contributed by atoms with Gasteiger partial charge in [-0.1, -0.05) is 23.7 Å². The fourth-order valence-corrected chi connectivity index (χ4v) is 4.45. The molecule has 0 aliphatic carbocycles. The topological polar surface area (TPSA) is 40.6 Å². The highest BCUT2D eigenvalue weighted by molar-refractivity contribution is 7.86. The van der Waals surface area contributed by atoms with Crippen LogP contribution in [0.15, 0.2) is 65.2 Å². The number of nitrogens with zero attached hydrogens (tertiary/aromatic N) is 2. The van der Waals surface area contributed by atoms with Crippen molar-refractivity contribution in [2.24, 2.45) is 0 Å². The Morgan fingerprint density at radius 3 is 2.29 bits per heavy atom. The molecule has 1 aliphatic heterocycles. The third-order valence-corrected chi connectivity index (χ3v) is 5.77. The van der Waals surface area contributed by atoms with Gasteiger partial charge in [0.2, 0.25) is 0 Å². The quantitative estimate of drug-likeness (QED) is 0.678. The van der Waals surface area contributed by atoms with Crippen LogP contribution in [0, 0.1) is 0 Å². The Morgan fingerprint density at radius 2 is 1.71 bits per heavy atom.